The Morgan fingerprint density at radius 3 is 2.64 bits per heavy atom. The molecule has 0 spiro atoms. The molecule has 1 aliphatic rings. The molecule has 1 aliphatic heterocycles. The lowest BCUT2D eigenvalue weighted by molar-refractivity contribution is 0.0667. The van der Waals surface area contributed by atoms with Crippen molar-refractivity contribution in [3.05, 3.63) is 16.1 Å². The summed E-state index contributed by atoms with van der Waals surface area (Å²) >= 11 is 1.26. The maximum atomic E-state index is 12.6. The molecule has 2 N–H and O–H groups in total. The molecule has 0 saturated carbocycles. The second-order valence-electron chi connectivity index (χ2n) is 5.84. The van der Waals surface area contributed by atoms with Crippen molar-refractivity contribution in [3.8, 4) is 0 Å². The fraction of sp³-hybridized carbons (Fsp3) is 0.429. The molecule has 0 aromatic carbocycles. The minimum Gasteiger partial charge on any atom is -0.397 e. The van der Waals surface area contributed by atoms with E-state index in [1.165, 1.54) is 11.3 Å². The molecule has 118 valence electrons. The number of amides is 1. The van der Waals surface area contributed by atoms with Crippen molar-refractivity contribution in [1.29, 1.82) is 0 Å². The van der Waals surface area contributed by atoms with Crippen LogP contribution in [-0.2, 0) is 9.52 Å². The number of nitrogens with two attached hydrogens (primary N) is 1. The molecular weight excluding hydrogens is 320 g/mol. The number of thiophene rings is 1. The second kappa shape index (κ2) is 4.92. The van der Waals surface area contributed by atoms with Crippen LogP contribution in [0.15, 0.2) is 0 Å². The lowest BCUT2D eigenvalue weighted by Gasteiger charge is -2.39. The maximum absolute atomic E-state index is 12.6. The van der Waals surface area contributed by atoms with Crippen LogP contribution >= 0.6 is 11.3 Å². The van der Waals surface area contributed by atoms with Crippen molar-refractivity contribution in [2.75, 3.05) is 25.1 Å². The lowest BCUT2D eigenvalue weighted by Crippen LogP contribution is -2.56. The number of carbonyl (C=O) groups excluding carboxylic acids is 1. The van der Waals surface area contributed by atoms with Crippen LogP contribution < -0.4 is 5.73 Å². The molecule has 2 aromatic heterocycles. The third kappa shape index (κ3) is 2.26. The fourth-order valence-corrected chi connectivity index (χ4v) is 4.52. The van der Waals surface area contributed by atoms with E-state index >= 15 is 0 Å². The van der Waals surface area contributed by atoms with Crippen LogP contribution in [0.3, 0.4) is 0 Å². The van der Waals surface area contributed by atoms with E-state index in [0.29, 0.717) is 28.5 Å². The molecule has 3 heterocycles. The van der Waals surface area contributed by atoms with Crippen LogP contribution in [0.5, 0.6) is 0 Å². The van der Waals surface area contributed by atoms with Crippen molar-refractivity contribution < 1.29 is 9.00 Å². The number of aromatic nitrogens is 2. The number of carbonyl (C=O) groups is 1. The molecule has 22 heavy (non-hydrogen) atoms. The Morgan fingerprint density at radius 1 is 1.41 bits per heavy atom. The summed E-state index contributed by atoms with van der Waals surface area (Å²) < 4.78 is 11.9. The van der Waals surface area contributed by atoms with Crippen molar-refractivity contribution >= 4 is 48.5 Å². The van der Waals surface area contributed by atoms with Gasteiger partial charge < -0.3 is 10.6 Å². The third-order valence-corrected chi connectivity index (χ3v) is 6.96. The van der Waals surface area contributed by atoms with Gasteiger partial charge in [-0.2, -0.15) is 5.10 Å². The number of hydrogen-bond donors (Lipinski definition) is 1. The lowest BCUT2D eigenvalue weighted by atomic mass is 10.1. The number of rotatable bonds is 2. The molecule has 1 atom stereocenters. The minimum atomic E-state index is -2.11. The SMILES string of the molecule is C=S(C)(=O)C1CN(C(=O)c2sc3nnc(C)c(C)c3c2N)C1. The minimum absolute atomic E-state index is 0.0316. The summed E-state index contributed by atoms with van der Waals surface area (Å²) in [6.07, 6.45) is 1.63. The summed E-state index contributed by atoms with van der Waals surface area (Å²) in [7, 11) is -2.11. The first-order valence-electron chi connectivity index (χ1n) is 6.82. The van der Waals surface area contributed by atoms with Gasteiger partial charge in [0.25, 0.3) is 5.91 Å². The highest BCUT2D eigenvalue weighted by Crippen LogP contribution is 2.36. The standard InChI is InChI=1S/C14H18N4O2S2/c1-7-8(2)16-17-13-10(7)11(15)12(21-13)14(19)18-5-9(6-18)22(3,4)20/h9H,3,5-6,15H2,1-2,4H3. The zero-order valence-corrected chi connectivity index (χ0v) is 14.4. The molecule has 1 unspecified atom stereocenters. The summed E-state index contributed by atoms with van der Waals surface area (Å²) in [5.74, 6) is 3.55. The van der Waals surface area contributed by atoms with Gasteiger partial charge >= 0.3 is 0 Å². The number of fused-ring (bicyclic) bond motifs is 1. The molecule has 8 heteroatoms. The zero-order chi connectivity index (χ0) is 16.2. The summed E-state index contributed by atoms with van der Waals surface area (Å²) in [5.41, 5.74) is 8.40. The van der Waals surface area contributed by atoms with Gasteiger partial charge in [0.05, 0.1) is 16.6 Å². The van der Waals surface area contributed by atoms with Gasteiger partial charge in [-0.15, -0.1) is 16.4 Å². The van der Waals surface area contributed by atoms with Crippen molar-refractivity contribution in [3.63, 3.8) is 0 Å². The Bertz CT molecular complexity index is 880. The Morgan fingerprint density at radius 2 is 2.05 bits per heavy atom. The molecule has 0 aliphatic carbocycles. The fourth-order valence-electron chi connectivity index (χ4n) is 2.46. The highest BCUT2D eigenvalue weighted by molar-refractivity contribution is 8.00. The Labute approximate surface area is 133 Å². The Balaban J connectivity index is 1.94. The maximum Gasteiger partial charge on any atom is 0.266 e. The van der Waals surface area contributed by atoms with Crippen LogP contribution in [0.1, 0.15) is 20.9 Å². The molecule has 3 rings (SSSR count). The summed E-state index contributed by atoms with van der Waals surface area (Å²) in [6.45, 7) is 4.73. The largest absolute Gasteiger partial charge is 0.397 e. The third-order valence-electron chi connectivity index (χ3n) is 4.17. The van der Waals surface area contributed by atoms with Gasteiger partial charge in [0.15, 0.2) is 0 Å². The average molecular weight is 338 g/mol. The first-order chi connectivity index (χ1) is 10.2. The smallest absolute Gasteiger partial charge is 0.266 e. The van der Waals surface area contributed by atoms with Crippen molar-refractivity contribution in [2.24, 2.45) is 0 Å². The molecule has 0 bridgehead atoms. The monoisotopic (exact) mass is 338 g/mol. The second-order valence-corrected chi connectivity index (χ2v) is 9.65. The molecule has 1 fully saturated rings. The average Bonchev–Trinajstić information content (AvgIpc) is 2.68. The van der Waals surface area contributed by atoms with Gasteiger partial charge in [0.1, 0.15) is 9.71 Å². The van der Waals surface area contributed by atoms with E-state index in [9.17, 15) is 9.00 Å². The first-order valence-corrected chi connectivity index (χ1v) is 9.84. The Kier molecular flexibility index (Phi) is 3.41. The van der Waals surface area contributed by atoms with E-state index in [2.05, 4.69) is 16.1 Å². The molecule has 6 nitrogen and oxygen atoms in total. The van der Waals surface area contributed by atoms with Gasteiger partial charge in [-0.25, -0.2) is 0 Å². The summed E-state index contributed by atoms with van der Waals surface area (Å²) in [4.78, 5) is 15.4. The number of hydrogen-bond acceptors (Lipinski definition) is 6. The normalized spacial score (nSPS) is 18.2. The van der Waals surface area contributed by atoms with Crippen molar-refractivity contribution in [1.82, 2.24) is 15.1 Å². The number of nitrogens with zero attached hydrogens (tertiary/aromatic N) is 3. The van der Waals surface area contributed by atoms with Gasteiger partial charge in [-0.1, -0.05) is 0 Å². The van der Waals surface area contributed by atoms with Crippen LogP contribution in [0, 0.1) is 13.8 Å². The predicted octanol–water partition coefficient (Wildman–Crippen LogP) is 1.06. The highest BCUT2D eigenvalue weighted by atomic mass is 32.2. The van der Waals surface area contributed by atoms with E-state index < -0.39 is 9.52 Å². The van der Waals surface area contributed by atoms with Crippen molar-refractivity contribution in [2.45, 2.75) is 19.1 Å². The molecule has 2 aromatic rings. The van der Waals surface area contributed by atoms with E-state index in [-0.39, 0.29) is 11.2 Å². The van der Waals surface area contributed by atoms with Gasteiger partial charge in [-0.3, -0.25) is 9.00 Å². The van der Waals surface area contributed by atoms with Crippen LogP contribution in [0.25, 0.3) is 10.2 Å². The number of nitrogen functional groups attached to an aromatic ring is 1. The topological polar surface area (TPSA) is 89.2 Å². The molecule has 1 amide bonds. The predicted molar refractivity (Wildman–Crippen MR) is 92.2 cm³/mol. The van der Waals surface area contributed by atoms with E-state index in [1.54, 1.807) is 11.2 Å². The summed E-state index contributed by atoms with van der Waals surface area (Å²) in [5, 5.41) is 8.99. The first kappa shape index (κ1) is 15.2. The van der Waals surface area contributed by atoms with E-state index in [4.69, 9.17) is 5.73 Å². The van der Waals surface area contributed by atoms with Gasteiger partial charge in [0, 0.05) is 24.7 Å². The number of aryl methyl sites for hydroxylation is 2. The summed E-state index contributed by atoms with van der Waals surface area (Å²) in [6, 6.07) is 0. The van der Waals surface area contributed by atoms with Crippen LogP contribution in [0.2, 0.25) is 0 Å². The molecule has 0 radical (unpaired) electrons. The number of likely N-dealkylation sites (tertiary alicyclic amines) is 1. The molecular formula is C14H18N4O2S2. The van der Waals surface area contributed by atoms with E-state index in [0.717, 1.165) is 16.6 Å². The van der Waals surface area contributed by atoms with Gasteiger partial charge in [-0.05, 0) is 34.8 Å². The van der Waals surface area contributed by atoms with Gasteiger partial charge in [0.2, 0.25) is 0 Å². The number of anilines is 1. The zero-order valence-electron chi connectivity index (χ0n) is 12.8. The Hall–Kier alpha value is -1.67. The van der Waals surface area contributed by atoms with Crippen LogP contribution in [0.4, 0.5) is 5.69 Å². The quantitative estimate of drug-likeness (QED) is 0.827. The highest BCUT2D eigenvalue weighted by Gasteiger charge is 2.36. The van der Waals surface area contributed by atoms with E-state index in [1.807, 2.05) is 13.8 Å². The van der Waals surface area contributed by atoms with Crippen LogP contribution in [-0.4, -0.2) is 55.7 Å². The molecule has 1 saturated heterocycles.